The Kier molecular flexibility index (Phi) is 5.45. The lowest BCUT2D eigenvalue weighted by molar-refractivity contribution is 0.311. The average molecular weight is 256 g/mol. The molecule has 1 saturated carbocycles. The highest BCUT2D eigenvalue weighted by Crippen LogP contribution is 2.17. The molecule has 0 radical (unpaired) electrons. The minimum atomic E-state index is 0.574. The Morgan fingerprint density at radius 1 is 1.29 bits per heavy atom. The van der Waals surface area contributed by atoms with Gasteiger partial charge in [-0.2, -0.15) is 11.8 Å². The fourth-order valence-corrected chi connectivity index (χ4v) is 3.44. The molecule has 0 aromatic carbocycles. The number of hydrogen-bond acceptors (Lipinski definition) is 3. The molecular weight excluding hydrogens is 232 g/mol. The van der Waals surface area contributed by atoms with Gasteiger partial charge in [-0.05, 0) is 12.8 Å². The Morgan fingerprint density at radius 2 is 2.00 bits per heavy atom. The van der Waals surface area contributed by atoms with Gasteiger partial charge in [0.1, 0.15) is 0 Å². The quantitative estimate of drug-likeness (QED) is 0.579. The maximum atomic E-state index is 5.89. The van der Waals surface area contributed by atoms with Crippen molar-refractivity contribution in [2.24, 2.45) is 10.7 Å². The van der Waals surface area contributed by atoms with E-state index in [-0.39, 0.29) is 0 Å². The van der Waals surface area contributed by atoms with Gasteiger partial charge in [-0.25, -0.2) is 0 Å². The standard InChI is InChI=1S/C12H24N4S/c13-12(15-11-3-1-2-4-11)14-5-6-16-7-9-17-10-8-16/h11H,1-10H2,(H3,13,14,15). The summed E-state index contributed by atoms with van der Waals surface area (Å²) in [5, 5.41) is 3.32. The number of thioether (sulfide) groups is 1. The first-order chi connectivity index (χ1) is 8.34. The summed E-state index contributed by atoms with van der Waals surface area (Å²) in [6.07, 6.45) is 5.16. The summed E-state index contributed by atoms with van der Waals surface area (Å²) < 4.78 is 0. The van der Waals surface area contributed by atoms with E-state index in [0.29, 0.717) is 12.0 Å². The Bertz CT molecular complexity index is 245. The van der Waals surface area contributed by atoms with Crippen molar-refractivity contribution in [1.29, 1.82) is 0 Å². The van der Waals surface area contributed by atoms with E-state index in [9.17, 15) is 0 Å². The highest BCUT2D eigenvalue weighted by atomic mass is 32.2. The van der Waals surface area contributed by atoms with Crippen LogP contribution < -0.4 is 11.1 Å². The van der Waals surface area contributed by atoms with Gasteiger partial charge in [0.25, 0.3) is 0 Å². The van der Waals surface area contributed by atoms with Crippen LogP contribution in [0.5, 0.6) is 0 Å². The molecule has 1 aliphatic carbocycles. The van der Waals surface area contributed by atoms with Gasteiger partial charge in [0.15, 0.2) is 5.96 Å². The number of nitrogens with two attached hydrogens (primary N) is 1. The summed E-state index contributed by atoms with van der Waals surface area (Å²) in [5.74, 6) is 3.17. The first-order valence-corrected chi connectivity index (χ1v) is 7.86. The molecule has 5 heteroatoms. The third-order valence-corrected chi connectivity index (χ3v) is 4.45. The van der Waals surface area contributed by atoms with Crippen LogP contribution in [0.3, 0.4) is 0 Å². The molecule has 4 nitrogen and oxygen atoms in total. The molecule has 0 unspecified atom stereocenters. The van der Waals surface area contributed by atoms with Crippen LogP contribution in [0.4, 0.5) is 0 Å². The summed E-state index contributed by atoms with van der Waals surface area (Å²) >= 11 is 2.05. The van der Waals surface area contributed by atoms with Crippen molar-refractivity contribution < 1.29 is 0 Å². The SMILES string of the molecule is NC(=NCCN1CCSCC1)NC1CCCC1. The highest BCUT2D eigenvalue weighted by Gasteiger charge is 2.14. The van der Waals surface area contributed by atoms with Gasteiger partial charge in [-0.15, -0.1) is 0 Å². The summed E-state index contributed by atoms with van der Waals surface area (Å²) in [6, 6.07) is 0.574. The van der Waals surface area contributed by atoms with Gasteiger partial charge in [0, 0.05) is 37.2 Å². The zero-order valence-corrected chi connectivity index (χ0v) is 11.3. The monoisotopic (exact) mass is 256 g/mol. The Balaban J connectivity index is 1.61. The number of nitrogens with zero attached hydrogens (tertiary/aromatic N) is 2. The zero-order valence-electron chi connectivity index (χ0n) is 10.5. The molecule has 1 aliphatic heterocycles. The van der Waals surface area contributed by atoms with Gasteiger partial charge in [-0.3, -0.25) is 9.89 Å². The van der Waals surface area contributed by atoms with E-state index in [4.69, 9.17) is 5.73 Å². The van der Waals surface area contributed by atoms with E-state index >= 15 is 0 Å². The highest BCUT2D eigenvalue weighted by molar-refractivity contribution is 7.99. The molecule has 2 aliphatic rings. The molecule has 98 valence electrons. The maximum absolute atomic E-state index is 5.89. The van der Waals surface area contributed by atoms with E-state index < -0.39 is 0 Å². The second kappa shape index (κ2) is 7.11. The summed E-state index contributed by atoms with van der Waals surface area (Å²) in [4.78, 5) is 6.89. The van der Waals surface area contributed by atoms with Crippen LogP contribution in [-0.2, 0) is 0 Å². The van der Waals surface area contributed by atoms with Gasteiger partial charge < -0.3 is 11.1 Å². The van der Waals surface area contributed by atoms with Crippen LogP contribution in [0.25, 0.3) is 0 Å². The maximum Gasteiger partial charge on any atom is 0.188 e. The lowest BCUT2D eigenvalue weighted by Crippen LogP contribution is -2.39. The van der Waals surface area contributed by atoms with Crippen LogP contribution in [0.2, 0.25) is 0 Å². The van der Waals surface area contributed by atoms with Crippen LogP contribution in [0.1, 0.15) is 25.7 Å². The molecular formula is C12H24N4S. The summed E-state index contributed by atoms with van der Waals surface area (Å²) in [5.41, 5.74) is 5.89. The van der Waals surface area contributed by atoms with Crippen LogP contribution in [0.15, 0.2) is 4.99 Å². The first kappa shape index (κ1) is 13.0. The number of guanidine groups is 1. The Hall–Kier alpha value is -0.420. The molecule has 2 fully saturated rings. The van der Waals surface area contributed by atoms with Gasteiger partial charge in [0.2, 0.25) is 0 Å². The first-order valence-electron chi connectivity index (χ1n) is 6.71. The Labute approximate surface area is 108 Å². The molecule has 17 heavy (non-hydrogen) atoms. The van der Waals surface area contributed by atoms with Crippen molar-refractivity contribution >= 4 is 17.7 Å². The minimum Gasteiger partial charge on any atom is -0.370 e. The van der Waals surface area contributed by atoms with E-state index in [0.717, 1.165) is 13.1 Å². The van der Waals surface area contributed by atoms with Crippen molar-refractivity contribution in [3.8, 4) is 0 Å². The van der Waals surface area contributed by atoms with E-state index in [1.54, 1.807) is 0 Å². The molecule has 1 heterocycles. The molecule has 0 aromatic rings. The molecule has 1 saturated heterocycles. The molecule has 0 aromatic heterocycles. The number of rotatable bonds is 4. The van der Waals surface area contributed by atoms with Crippen molar-refractivity contribution in [2.45, 2.75) is 31.7 Å². The second-order valence-electron chi connectivity index (χ2n) is 4.85. The van der Waals surface area contributed by atoms with Gasteiger partial charge >= 0.3 is 0 Å². The zero-order chi connectivity index (χ0) is 11.9. The van der Waals surface area contributed by atoms with Crippen LogP contribution >= 0.6 is 11.8 Å². The largest absolute Gasteiger partial charge is 0.370 e. The van der Waals surface area contributed by atoms with Crippen molar-refractivity contribution in [3.63, 3.8) is 0 Å². The summed E-state index contributed by atoms with van der Waals surface area (Å²) in [6.45, 7) is 4.29. The van der Waals surface area contributed by atoms with Crippen molar-refractivity contribution in [1.82, 2.24) is 10.2 Å². The lowest BCUT2D eigenvalue weighted by atomic mass is 10.2. The lowest BCUT2D eigenvalue weighted by Gasteiger charge is -2.25. The van der Waals surface area contributed by atoms with Crippen molar-refractivity contribution in [3.05, 3.63) is 0 Å². The number of hydrogen-bond donors (Lipinski definition) is 2. The number of nitrogens with one attached hydrogen (secondary N) is 1. The predicted octanol–water partition coefficient (Wildman–Crippen LogP) is 0.882. The molecule has 3 N–H and O–H groups in total. The fourth-order valence-electron chi connectivity index (χ4n) is 2.46. The van der Waals surface area contributed by atoms with E-state index in [2.05, 4.69) is 15.2 Å². The topological polar surface area (TPSA) is 53.6 Å². The van der Waals surface area contributed by atoms with Crippen molar-refractivity contribution in [2.75, 3.05) is 37.7 Å². The normalized spacial score (nSPS) is 24.1. The molecule has 0 amide bonds. The second-order valence-corrected chi connectivity index (χ2v) is 6.07. The third kappa shape index (κ3) is 4.76. The van der Waals surface area contributed by atoms with Crippen LogP contribution in [0, 0.1) is 0 Å². The van der Waals surface area contributed by atoms with Gasteiger partial charge in [0.05, 0.1) is 6.54 Å². The molecule has 0 atom stereocenters. The average Bonchev–Trinajstić information content (AvgIpc) is 2.83. The minimum absolute atomic E-state index is 0.574. The predicted molar refractivity (Wildman–Crippen MR) is 75.6 cm³/mol. The van der Waals surface area contributed by atoms with Gasteiger partial charge in [-0.1, -0.05) is 12.8 Å². The molecule has 0 bridgehead atoms. The molecule has 0 spiro atoms. The number of aliphatic imine (C=N–C) groups is 1. The van der Waals surface area contributed by atoms with Crippen LogP contribution in [-0.4, -0.2) is 54.6 Å². The molecule has 2 rings (SSSR count). The van der Waals surface area contributed by atoms with E-state index in [1.807, 2.05) is 11.8 Å². The summed E-state index contributed by atoms with van der Waals surface area (Å²) in [7, 11) is 0. The third-order valence-electron chi connectivity index (χ3n) is 3.51. The van der Waals surface area contributed by atoms with E-state index in [1.165, 1.54) is 50.3 Å². The smallest absolute Gasteiger partial charge is 0.188 e. The fraction of sp³-hybridized carbons (Fsp3) is 0.917. The Morgan fingerprint density at radius 3 is 2.71 bits per heavy atom.